The molecule has 0 radical (unpaired) electrons. The predicted molar refractivity (Wildman–Crippen MR) is 94.1 cm³/mol. The number of esters is 1. The lowest BCUT2D eigenvalue weighted by atomic mass is 9.52. The maximum atomic E-state index is 12.9. The van der Waals surface area contributed by atoms with Crippen LogP contribution >= 0.6 is 0 Å². The molecule has 4 aliphatic carbocycles. The second kappa shape index (κ2) is 7.77. The molecule has 0 atom stereocenters. The average Bonchev–Trinajstić information content (AvgIpc) is 2.67. The maximum Gasteiger partial charge on any atom is 0.312 e. The lowest BCUT2D eigenvalue weighted by molar-refractivity contribution is -0.173. The number of carbonyl (C=O) groups excluding carboxylic acids is 1. The first kappa shape index (κ1) is 18.2. The summed E-state index contributed by atoms with van der Waals surface area (Å²) in [5.41, 5.74) is 0.0998. The van der Waals surface area contributed by atoms with Crippen molar-refractivity contribution in [3.8, 4) is 12.1 Å². The Kier molecular flexibility index (Phi) is 5.67. The lowest BCUT2D eigenvalue weighted by Gasteiger charge is -2.52. The molecule has 0 saturated heterocycles. The summed E-state index contributed by atoms with van der Waals surface area (Å²) in [4.78, 5) is 12.9. The summed E-state index contributed by atoms with van der Waals surface area (Å²) in [7, 11) is 0. The highest BCUT2D eigenvalue weighted by Gasteiger charge is 2.53. The molecule has 0 aromatic heterocycles. The number of nitriles is 2. The molecule has 4 rings (SSSR count). The number of hydrogen-bond donors (Lipinski definition) is 0. The van der Waals surface area contributed by atoms with Gasteiger partial charge in [-0.25, -0.2) is 0 Å². The Labute approximate surface area is 151 Å². The van der Waals surface area contributed by atoms with Crippen molar-refractivity contribution in [2.24, 2.45) is 16.7 Å². The number of ether oxygens (including phenoxy) is 1. The van der Waals surface area contributed by atoms with Crippen LogP contribution in [0.3, 0.4) is 0 Å². The van der Waals surface area contributed by atoms with Crippen LogP contribution in [0.1, 0.15) is 89.9 Å². The molecule has 4 saturated carbocycles. The molecule has 25 heavy (non-hydrogen) atoms. The zero-order valence-corrected chi connectivity index (χ0v) is 15.3. The number of nitrogens with zero attached hydrogens (tertiary/aromatic N) is 2. The summed E-state index contributed by atoms with van der Waals surface area (Å²) < 4.78 is 5.96. The van der Waals surface area contributed by atoms with Crippen LogP contribution in [0.4, 0.5) is 0 Å². The van der Waals surface area contributed by atoms with Crippen molar-refractivity contribution in [1.82, 2.24) is 0 Å². The van der Waals surface area contributed by atoms with Gasteiger partial charge in [-0.2, -0.15) is 10.5 Å². The smallest absolute Gasteiger partial charge is 0.312 e. The van der Waals surface area contributed by atoms with Crippen molar-refractivity contribution < 1.29 is 9.53 Å². The highest BCUT2D eigenvalue weighted by atomic mass is 16.5. The largest absolute Gasteiger partial charge is 0.462 e. The Morgan fingerprint density at radius 2 is 1.52 bits per heavy atom. The van der Waals surface area contributed by atoms with Gasteiger partial charge in [0.1, 0.15) is 6.10 Å². The fourth-order valence-corrected chi connectivity index (χ4v) is 5.35. The lowest BCUT2D eigenvalue weighted by Crippen LogP contribution is -2.47. The van der Waals surface area contributed by atoms with Crippen LogP contribution in [0.25, 0.3) is 0 Å². The molecule has 136 valence electrons. The molecule has 0 spiro atoms. The third-order valence-corrected chi connectivity index (χ3v) is 7.33. The van der Waals surface area contributed by atoms with Crippen LogP contribution in [-0.2, 0) is 9.53 Å². The van der Waals surface area contributed by atoms with Gasteiger partial charge in [-0.15, -0.1) is 0 Å². The first-order valence-corrected chi connectivity index (χ1v) is 10.1. The van der Waals surface area contributed by atoms with Crippen LogP contribution in [0.5, 0.6) is 0 Å². The second-order valence-corrected chi connectivity index (χ2v) is 8.68. The topological polar surface area (TPSA) is 73.9 Å². The van der Waals surface area contributed by atoms with Crippen LogP contribution in [0.15, 0.2) is 0 Å². The van der Waals surface area contributed by atoms with Crippen molar-refractivity contribution in [2.45, 2.75) is 96.0 Å². The highest BCUT2D eigenvalue weighted by molar-refractivity contribution is 5.77. The number of rotatable bonds is 6. The van der Waals surface area contributed by atoms with Crippen LogP contribution < -0.4 is 0 Å². The van der Waals surface area contributed by atoms with Gasteiger partial charge in [0.25, 0.3) is 0 Å². The van der Waals surface area contributed by atoms with Gasteiger partial charge in [-0.05, 0) is 88.4 Å². The van der Waals surface area contributed by atoms with Crippen molar-refractivity contribution >= 4 is 5.97 Å². The van der Waals surface area contributed by atoms with E-state index in [2.05, 4.69) is 12.1 Å². The standard InChI is InChI=1S/C21H30N2O2/c22-15-1-3-17-4-6-18(7-5-17)25-19(24)21-12-9-20(10-13-21,11-14-21)8-2-16-23/h17-18H,1-14H2. The molecule has 0 aromatic carbocycles. The predicted octanol–water partition coefficient (Wildman–Crippen LogP) is 5.04. The monoisotopic (exact) mass is 342 g/mol. The minimum atomic E-state index is -0.230. The van der Waals surface area contributed by atoms with Crippen LogP contribution in [-0.4, -0.2) is 12.1 Å². The molecular weight excluding hydrogens is 312 g/mol. The molecule has 0 N–H and O–H groups in total. The Balaban J connectivity index is 1.47. The molecule has 0 heterocycles. The van der Waals surface area contributed by atoms with E-state index in [0.717, 1.165) is 77.0 Å². The van der Waals surface area contributed by atoms with Gasteiger partial charge in [0.2, 0.25) is 0 Å². The summed E-state index contributed by atoms with van der Waals surface area (Å²) in [5.74, 6) is 0.694. The van der Waals surface area contributed by atoms with Gasteiger partial charge < -0.3 is 4.74 Å². The number of fused-ring (bicyclic) bond motifs is 3. The Morgan fingerprint density at radius 1 is 0.920 bits per heavy atom. The fraction of sp³-hybridized carbons (Fsp3) is 0.857. The molecule has 4 heteroatoms. The molecule has 0 unspecified atom stereocenters. The second-order valence-electron chi connectivity index (χ2n) is 8.68. The van der Waals surface area contributed by atoms with E-state index < -0.39 is 0 Å². The van der Waals surface area contributed by atoms with Crippen LogP contribution in [0.2, 0.25) is 0 Å². The van der Waals surface area contributed by atoms with Crippen molar-refractivity contribution in [3.63, 3.8) is 0 Å². The summed E-state index contributed by atoms with van der Waals surface area (Å²) in [6.45, 7) is 0. The summed E-state index contributed by atoms with van der Waals surface area (Å²) in [6, 6.07) is 4.52. The van der Waals surface area contributed by atoms with E-state index in [-0.39, 0.29) is 17.5 Å². The quantitative estimate of drug-likeness (QED) is 0.634. The Morgan fingerprint density at radius 3 is 2.08 bits per heavy atom. The zero-order chi connectivity index (χ0) is 17.8. The molecule has 0 aromatic rings. The summed E-state index contributed by atoms with van der Waals surface area (Å²) in [6.07, 6.45) is 13.6. The third kappa shape index (κ3) is 4.00. The van der Waals surface area contributed by atoms with E-state index in [4.69, 9.17) is 15.3 Å². The third-order valence-electron chi connectivity index (χ3n) is 7.33. The van der Waals surface area contributed by atoms with Crippen molar-refractivity contribution in [2.75, 3.05) is 0 Å². The molecule has 0 amide bonds. The highest BCUT2D eigenvalue weighted by Crippen LogP contribution is 2.59. The number of hydrogen-bond acceptors (Lipinski definition) is 4. The molecule has 4 nitrogen and oxygen atoms in total. The summed E-state index contributed by atoms with van der Waals surface area (Å²) >= 11 is 0. The normalized spacial score (nSPS) is 37.0. The first-order chi connectivity index (χ1) is 12.1. The van der Waals surface area contributed by atoms with E-state index in [1.54, 1.807) is 0 Å². The fourth-order valence-electron chi connectivity index (χ4n) is 5.35. The van der Waals surface area contributed by atoms with Gasteiger partial charge in [-0.1, -0.05) is 0 Å². The van der Waals surface area contributed by atoms with E-state index >= 15 is 0 Å². The van der Waals surface area contributed by atoms with Gasteiger partial charge >= 0.3 is 5.97 Å². The van der Waals surface area contributed by atoms with Gasteiger partial charge in [0.05, 0.1) is 17.6 Å². The maximum absolute atomic E-state index is 12.9. The van der Waals surface area contributed by atoms with E-state index in [1.165, 1.54) is 0 Å². The average molecular weight is 342 g/mol. The SMILES string of the molecule is N#CCCC1CCC(OC(=O)C23CCC(CCC#N)(CC2)CC3)CC1. The van der Waals surface area contributed by atoms with Crippen molar-refractivity contribution in [3.05, 3.63) is 0 Å². The van der Waals surface area contributed by atoms with E-state index in [1.807, 2.05) is 0 Å². The van der Waals surface area contributed by atoms with Gasteiger partial charge in [0.15, 0.2) is 0 Å². The number of carbonyl (C=O) groups is 1. The summed E-state index contributed by atoms with van der Waals surface area (Å²) in [5, 5.41) is 17.6. The zero-order valence-electron chi connectivity index (χ0n) is 15.3. The van der Waals surface area contributed by atoms with E-state index in [9.17, 15) is 4.79 Å². The molecular formula is C21H30N2O2. The molecule has 4 fully saturated rings. The van der Waals surface area contributed by atoms with Gasteiger partial charge in [-0.3, -0.25) is 4.79 Å². The first-order valence-electron chi connectivity index (χ1n) is 10.1. The molecule has 2 bridgehead atoms. The van der Waals surface area contributed by atoms with Crippen LogP contribution in [0, 0.1) is 39.4 Å². The van der Waals surface area contributed by atoms with Crippen molar-refractivity contribution in [1.29, 1.82) is 10.5 Å². The minimum absolute atomic E-state index is 0.0570. The Bertz CT molecular complexity index is 539. The van der Waals surface area contributed by atoms with Gasteiger partial charge in [0, 0.05) is 12.8 Å². The molecule has 4 aliphatic rings. The Hall–Kier alpha value is -1.55. The minimum Gasteiger partial charge on any atom is -0.462 e. The molecule has 0 aliphatic heterocycles. The van der Waals surface area contributed by atoms with E-state index in [0.29, 0.717) is 24.2 Å².